The molecule has 18 heavy (non-hydrogen) atoms. The standard InChI is InChI=1S/C13H9N3O2/c17-13(18)10-3-1-2-9-11(15-16-12(9)10)8-4-6-14-7-5-8/h1-7H,(H,15,16)(H,17,18). The first-order chi connectivity index (χ1) is 8.77. The lowest BCUT2D eigenvalue weighted by atomic mass is 10.1. The first-order valence-corrected chi connectivity index (χ1v) is 5.38. The lowest BCUT2D eigenvalue weighted by molar-refractivity contribution is 0.0699. The van der Waals surface area contributed by atoms with E-state index in [2.05, 4.69) is 15.2 Å². The number of fused-ring (bicyclic) bond motifs is 1. The number of carbonyl (C=O) groups is 1. The smallest absolute Gasteiger partial charge is 0.337 e. The number of H-pyrrole nitrogens is 1. The van der Waals surface area contributed by atoms with Crippen molar-refractivity contribution >= 4 is 16.9 Å². The normalized spacial score (nSPS) is 10.7. The number of para-hydroxylation sites is 1. The zero-order valence-corrected chi connectivity index (χ0v) is 9.29. The van der Waals surface area contributed by atoms with E-state index in [1.54, 1.807) is 24.5 Å². The quantitative estimate of drug-likeness (QED) is 0.719. The molecule has 0 fully saturated rings. The number of benzene rings is 1. The van der Waals surface area contributed by atoms with Gasteiger partial charge in [-0.2, -0.15) is 5.10 Å². The van der Waals surface area contributed by atoms with E-state index in [-0.39, 0.29) is 5.56 Å². The van der Waals surface area contributed by atoms with Gasteiger partial charge in [-0.3, -0.25) is 10.1 Å². The van der Waals surface area contributed by atoms with Crippen molar-refractivity contribution in [3.63, 3.8) is 0 Å². The van der Waals surface area contributed by atoms with Crippen molar-refractivity contribution in [3.8, 4) is 11.3 Å². The van der Waals surface area contributed by atoms with Crippen LogP contribution in [0.2, 0.25) is 0 Å². The monoisotopic (exact) mass is 239 g/mol. The van der Waals surface area contributed by atoms with Gasteiger partial charge in [0.25, 0.3) is 0 Å². The fourth-order valence-corrected chi connectivity index (χ4v) is 1.95. The highest BCUT2D eigenvalue weighted by molar-refractivity contribution is 6.05. The second-order valence-corrected chi connectivity index (χ2v) is 3.84. The van der Waals surface area contributed by atoms with Gasteiger partial charge >= 0.3 is 5.97 Å². The zero-order valence-electron chi connectivity index (χ0n) is 9.29. The molecule has 0 spiro atoms. The summed E-state index contributed by atoms with van der Waals surface area (Å²) >= 11 is 0. The number of aromatic amines is 1. The summed E-state index contributed by atoms with van der Waals surface area (Å²) in [6, 6.07) is 8.79. The highest BCUT2D eigenvalue weighted by atomic mass is 16.4. The Kier molecular flexibility index (Phi) is 2.30. The van der Waals surface area contributed by atoms with Crippen LogP contribution in [0.3, 0.4) is 0 Å². The van der Waals surface area contributed by atoms with Crippen LogP contribution in [0.1, 0.15) is 10.4 Å². The number of aromatic nitrogens is 3. The van der Waals surface area contributed by atoms with Gasteiger partial charge in [0.15, 0.2) is 0 Å². The van der Waals surface area contributed by atoms with Gasteiger partial charge in [0.05, 0.1) is 11.1 Å². The number of carboxylic acids is 1. The Balaban J connectivity index is 2.28. The lowest BCUT2D eigenvalue weighted by Crippen LogP contribution is -1.96. The van der Waals surface area contributed by atoms with Crippen LogP contribution in [0, 0.1) is 0 Å². The number of nitrogens with one attached hydrogen (secondary N) is 1. The summed E-state index contributed by atoms with van der Waals surface area (Å²) in [6.07, 6.45) is 3.35. The summed E-state index contributed by atoms with van der Waals surface area (Å²) < 4.78 is 0. The van der Waals surface area contributed by atoms with Crippen LogP contribution in [0.5, 0.6) is 0 Å². The van der Waals surface area contributed by atoms with Crippen molar-refractivity contribution in [1.82, 2.24) is 15.2 Å². The summed E-state index contributed by atoms with van der Waals surface area (Å²) in [5.41, 5.74) is 2.39. The number of carboxylic acid groups (broad SMARTS) is 1. The molecule has 0 radical (unpaired) electrons. The summed E-state index contributed by atoms with van der Waals surface area (Å²) in [4.78, 5) is 15.1. The first-order valence-electron chi connectivity index (χ1n) is 5.38. The Bertz CT molecular complexity index is 719. The van der Waals surface area contributed by atoms with E-state index in [9.17, 15) is 4.79 Å². The van der Waals surface area contributed by atoms with E-state index >= 15 is 0 Å². The third-order valence-electron chi connectivity index (χ3n) is 2.78. The van der Waals surface area contributed by atoms with Crippen LogP contribution in [-0.4, -0.2) is 26.3 Å². The maximum absolute atomic E-state index is 11.1. The Hall–Kier alpha value is -2.69. The second kappa shape index (κ2) is 3.96. The molecular formula is C13H9N3O2. The van der Waals surface area contributed by atoms with Crippen LogP contribution >= 0.6 is 0 Å². The fourth-order valence-electron chi connectivity index (χ4n) is 1.95. The van der Waals surface area contributed by atoms with Crippen molar-refractivity contribution in [2.24, 2.45) is 0 Å². The van der Waals surface area contributed by atoms with Gasteiger partial charge < -0.3 is 5.11 Å². The number of rotatable bonds is 2. The minimum atomic E-state index is -0.967. The van der Waals surface area contributed by atoms with Crippen molar-refractivity contribution in [1.29, 1.82) is 0 Å². The summed E-state index contributed by atoms with van der Waals surface area (Å²) in [5, 5.41) is 16.9. The molecule has 0 amide bonds. The van der Waals surface area contributed by atoms with Gasteiger partial charge in [0.1, 0.15) is 5.69 Å². The van der Waals surface area contributed by atoms with Crippen molar-refractivity contribution in [2.45, 2.75) is 0 Å². The van der Waals surface area contributed by atoms with Crippen LogP contribution < -0.4 is 0 Å². The molecule has 0 saturated carbocycles. The van der Waals surface area contributed by atoms with Crippen molar-refractivity contribution in [2.75, 3.05) is 0 Å². The van der Waals surface area contributed by atoms with Crippen LogP contribution in [0.25, 0.3) is 22.2 Å². The highest BCUT2D eigenvalue weighted by Crippen LogP contribution is 2.27. The third kappa shape index (κ3) is 1.53. The molecule has 0 bridgehead atoms. The molecule has 5 nitrogen and oxygen atoms in total. The predicted octanol–water partition coefficient (Wildman–Crippen LogP) is 2.32. The van der Waals surface area contributed by atoms with Crippen molar-refractivity contribution in [3.05, 3.63) is 48.3 Å². The minimum absolute atomic E-state index is 0.223. The van der Waals surface area contributed by atoms with Gasteiger partial charge in [0.2, 0.25) is 0 Å². The van der Waals surface area contributed by atoms with Crippen LogP contribution in [0.15, 0.2) is 42.7 Å². The van der Waals surface area contributed by atoms with E-state index < -0.39 is 5.97 Å². The fraction of sp³-hybridized carbons (Fsp3) is 0. The molecule has 5 heteroatoms. The molecule has 0 unspecified atom stereocenters. The van der Waals surface area contributed by atoms with Gasteiger partial charge in [-0.15, -0.1) is 0 Å². The largest absolute Gasteiger partial charge is 0.478 e. The minimum Gasteiger partial charge on any atom is -0.478 e. The van der Waals surface area contributed by atoms with Gasteiger partial charge in [-0.05, 0) is 18.2 Å². The number of hydrogen-bond acceptors (Lipinski definition) is 3. The van der Waals surface area contributed by atoms with E-state index in [1.165, 1.54) is 0 Å². The topological polar surface area (TPSA) is 78.9 Å². The number of aromatic carboxylic acids is 1. The summed E-state index contributed by atoms with van der Waals surface area (Å²) in [6.45, 7) is 0. The van der Waals surface area contributed by atoms with Gasteiger partial charge in [-0.1, -0.05) is 12.1 Å². The first kappa shape index (κ1) is 10.5. The predicted molar refractivity (Wildman–Crippen MR) is 66.3 cm³/mol. The number of pyridine rings is 1. The molecule has 0 atom stereocenters. The number of hydrogen-bond donors (Lipinski definition) is 2. The van der Waals surface area contributed by atoms with Crippen LogP contribution in [-0.2, 0) is 0 Å². The molecular weight excluding hydrogens is 230 g/mol. The average molecular weight is 239 g/mol. The Labute approximate surface area is 102 Å². The molecule has 2 N–H and O–H groups in total. The Morgan fingerprint density at radius 1 is 1.17 bits per heavy atom. The van der Waals surface area contributed by atoms with E-state index in [4.69, 9.17) is 5.11 Å². The average Bonchev–Trinajstić information content (AvgIpc) is 2.83. The zero-order chi connectivity index (χ0) is 12.5. The molecule has 1 aromatic carbocycles. The Morgan fingerprint density at radius 3 is 2.67 bits per heavy atom. The Morgan fingerprint density at radius 2 is 1.94 bits per heavy atom. The van der Waals surface area contributed by atoms with E-state index in [0.29, 0.717) is 5.52 Å². The molecule has 0 aliphatic heterocycles. The number of nitrogens with zero attached hydrogens (tertiary/aromatic N) is 2. The van der Waals surface area contributed by atoms with E-state index in [0.717, 1.165) is 16.6 Å². The summed E-state index contributed by atoms with van der Waals surface area (Å²) in [5.74, 6) is -0.967. The SMILES string of the molecule is O=C(O)c1cccc2c(-c3ccncc3)n[nH]c12. The molecule has 2 heterocycles. The molecule has 0 aliphatic rings. The molecule has 0 saturated heterocycles. The van der Waals surface area contributed by atoms with Gasteiger partial charge in [0, 0.05) is 23.3 Å². The van der Waals surface area contributed by atoms with Gasteiger partial charge in [-0.25, -0.2) is 4.79 Å². The second-order valence-electron chi connectivity index (χ2n) is 3.84. The van der Waals surface area contributed by atoms with E-state index in [1.807, 2.05) is 18.2 Å². The molecule has 3 aromatic rings. The summed E-state index contributed by atoms with van der Waals surface area (Å²) in [7, 11) is 0. The van der Waals surface area contributed by atoms with Crippen LogP contribution in [0.4, 0.5) is 0 Å². The molecule has 0 aliphatic carbocycles. The maximum Gasteiger partial charge on any atom is 0.337 e. The third-order valence-corrected chi connectivity index (χ3v) is 2.78. The maximum atomic E-state index is 11.1. The molecule has 3 rings (SSSR count). The lowest BCUT2D eigenvalue weighted by Gasteiger charge is -1.98. The molecule has 88 valence electrons. The highest BCUT2D eigenvalue weighted by Gasteiger charge is 2.14. The van der Waals surface area contributed by atoms with Crippen molar-refractivity contribution < 1.29 is 9.90 Å². The molecule has 2 aromatic heterocycles.